The molecule has 0 aliphatic heterocycles. The first-order chi connectivity index (χ1) is 8.17. The van der Waals surface area contributed by atoms with Gasteiger partial charge in [-0.25, -0.2) is 4.79 Å². The van der Waals surface area contributed by atoms with E-state index in [0.29, 0.717) is 23.6 Å². The summed E-state index contributed by atoms with van der Waals surface area (Å²) in [6.45, 7) is 0. The van der Waals surface area contributed by atoms with Gasteiger partial charge in [0.2, 0.25) is 0 Å². The molecule has 0 atom stereocenters. The SMILES string of the molecule is COC(=O)c1ccc(OC(=O)CCCCl)cc1. The van der Waals surface area contributed by atoms with E-state index in [0.717, 1.165) is 0 Å². The predicted molar refractivity (Wildman–Crippen MR) is 63.4 cm³/mol. The Kier molecular flexibility index (Phi) is 5.49. The van der Waals surface area contributed by atoms with E-state index in [1.165, 1.54) is 19.2 Å². The molecule has 1 aromatic carbocycles. The zero-order valence-electron chi connectivity index (χ0n) is 9.44. The van der Waals surface area contributed by atoms with Gasteiger partial charge in [0, 0.05) is 12.3 Å². The lowest BCUT2D eigenvalue weighted by Crippen LogP contribution is -2.08. The summed E-state index contributed by atoms with van der Waals surface area (Å²) >= 11 is 5.46. The molecule has 0 N–H and O–H groups in total. The van der Waals surface area contributed by atoms with E-state index in [4.69, 9.17) is 16.3 Å². The fraction of sp³-hybridized carbons (Fsp3) is 0.333. The molecule has 0 bridgehead atoms. The Morgan fingerprint density at radius 1 is 1.24 bits per heavy atom. The van der Waals surface area contributed by atoms with E-state index in [1.54, 1.807) is 12.1 Å². The van der Waals surface area contributed by atoms with E-state index in [9.17, 15) is 9.59 Å². The summed E-state index contributed by atoms with van der Waals surface area (Å²) < 4.78 is 9.58. The quantitative estimate of drug-likeness (QED) is 0.461. The van der Waals surface area contributed by atoms with Gasteiger partial charge in [-0.15, -0.1) is 11.6 Å². The Labute approximate surface area is 104 Å². The van der Waals surface area contributed by atoms with E-state index < -0.39 is 5.97 Å². The summed E-state index contributed by atoms with van der Waals surface area (Å²) in [4.78, 5) is 22.4. The molecule has 0 aliphatic carbocycles. The zero-order valence-corrected chi connectivity index (χ0v) is 10.2. The summed E-state index contributed by atoms with van der Waals surface area (Å²) in [5.41, 5.74) is 0.410. The average molecular weight is 257 g/mol. The molecule has 5 heteroatoms. The lowest BCUT2D eigenvalue weighted by Gasteiger charge is -2.04. The number of benzene rings is 1. The average Bonchev–Trinajstić information content (AvgIpc) is 2.36. The number of methoxy groups -OCH3 is 1. The second-order valence-electron chi connectivity index (χ2n) is 3.28. The highest BCUT2D eigenvalue weighted by Crippen LogP contribution is 2.13. The number of carbonyl (C=O) groups excluding carboxylic acids is 2. The predicted octanol–water partition coefficient (Wildman–Crippen LogP) is 2.40. The smallest absolute Gasteiger partial charge is 0.337 e. The van der Waals surface area contributed by atoms with Gasteiger partial charge < -0.3 is 9.47 Å². The lowest BCUT2D eigenvalue weighted by atomic mass is 10.2. The summed E-state index contributed by atoms with van der Waals surface area (Å²) in [6.07, 6.45) is 0.864. The number of hydrogen-bond donors (Lipinski definition) is 0. The highest BCUT2D eigenvalue weighted by Gasteiger charge is 2.07. The topological polar surface area (TPSA) is 52.6 Å². The van der Waals surface area contributed by atoms with Gasteiger partial charge in [0.1, 0.15) is 5.75 Å². The highest BCUT2D eigenvalue weighted by atomic mass is 35.5. The van der Waals surface area contributed by atoms with Crippen molar-refractivity contribution >= 4 is 23.5 Å². The largest absolute Gasteiger partial charge is 0.465 e. The first-order valence-electron chi connectivity index (χ1n) is 5.12. The van der Waals surface area contributed by atoms with Crippen LogP contribution in [0.2, 0.25) is 0 Å². The maximum absolute atomic E-state index is 11.3. The minimum absolute atomic E-state index is 0.280. The minimum atomic E-state index is -0.426. The summed E-state index contributed by atoms with van der Waals surface area (Å²) in [6, 6.07) is 6.17. The van der Waals surface area contributed by atoms with Crippen LogP contribution in [-0.2, 0) is 9.53 Å². The van der Waals surface area contributed by atoms with Gasteiger partial charge in [-0.2, -0.15) is 0 Å². The molecule has 4 nitrogen and oxygen atoms in total. The molecular weight excluding hydrogens is 244 g/mol. The zero-order chi connectivity index (χ0) is 12.7. The van der Waals surface area contributed by atoms with E-state index in [1.807, 2.05) is 0 Å². The van der Waals surface area contributed by atoms with Crippen molar-refractivity contribution in [3.8, 4) is 5.75 Å². The third-order valence-corrected chi connectivity index (χ3v) is 2.29. The Bertz CT molecular complexity index is 386. The van der Waals surface area contributed by atoms with Crippen LogP contribution in [0.15, 0.2) is 24.3 Å². The Morgan fingerprint density at radius 3 is 2.41 bits per heavy atom. The summed E-state index contributed by atoms with van der Waals surface area (Å²) in [5, 5.41) is 0. The van der Waals surface area contributed by atoms with Gasteiger partial charge in [-0.05, 0) is 30.7 Å². The molecule has 0 aromatic heterocycles. The molecule has 0 saturated heterocycles. The van der Waals surface area contributed by atoms with Crippen molar-refractivity contribution < 1.29 is 19.1 Å². The maximum Gasteiger partial charge on any atom is 0.337 e. The molecule has 0 aliphatic rings. The van der Waals surface area contributed by atoms with Gasteiger partial charge >= 0.3 is 11.9 Å². The van der Waals surface area contributed by atoms with Crippen molar-refractivity contribution in [2.75, 3.05) is 13.0 Å². The molecule has 0 saturated carbocycles. The molecule has 1 aromatic rings. The van der Waals surface area contributed by atoms with Crippen LogP contribution in [0.1, 0.15) is 23.2 Å². The normalized spacial score (nSPS) is 9.76. The molecule has 17 heavy (non-hydrogen) atoms. The van der Waals surface area contributed by atoms with Crippen LogP contribution in [0, 0.1) is 0 Å². The Hall–Kier alpha value is -1.55. The molecule has 0 unspecified atom stereocenters. The van der Waals surface area contributed by atoms with Gasteiger partial charge in [0.25, 0.3) is 0 Å². The van der Waals surface area contributed by atoms with E-state index in [-0.39, 0.29) is 12.4 Å². The van der Waals surface area contributed by atoms with Crippen LogP contribution in [0.25, 0.3) is 0 Å². The van der Waals surface area contributed by atoms with Gasteiger partial charge in [-0.3, -0.25) is 4.79 Å². The Morgan fingerprint density at radius 2 is 1.88 bits per heavy atom. The standard InChI is InChI=1S/C12H13ClO4/c1-16-12(15)9-4-6-10(7-5-9)17-11(14)3-2-8-13/h4-7H,2-3,8H2,1H3. The number of hydrogen-bond acceptors (Lipinski definition) is 4. The van der Waals surface area contributed by atoms with Crippen molar-refractivity contribution in [2.24, 2.45) is 0 Å². The lowest BCUT2D eigenvalue weighted by molar-refractivity contribution is -0.134. The number of alkyl halides is 1. The molecule has 0 radical (unpaired) electrons. The van der Waals surface area contributed by atoms with Crippen molar-refractivity contribution in [3.05, 3.63) is 29.8 Å². The number of halogens is 1. The summed E-state index contributed by atoms with van der Waals surface area (Å²) in [7, 11) is 1.31. The summed E-state index contributed by atoms with van der Waals surface area (Å²) in [5.74, 6) is 0.0647. The second kappa shape index (κ2) is 6.91. The number of ether oxygens (including phenoxy) is 2. The monoisotopic (exact) mass is 256 g/mol. The van der Waals surface area contributed by atoms with Crippen LogP contribution in [0.5, 0.6) is 5.75 Å². The molecule has 0 heterocycles. The second-order valence-corrected chi connectivity index (χ2v) is 3.66. The maximum atomic E-state index is 11.3. The fourth-order valence-corrected chi connectivity index (χ4v) is 1.30. The number of rotatable bonds is 5. The number of esters is 2. The minimum Gasteiger partial charge on any atom is -0.465 e. The third kappa shape index (κ3) is 4.44. The van der Waals surface area contributed by atoms with E-state index in [2.05, 4.69) is 4.74 Å². The highest BCUT2D eigenvalue weighted by molar-refractivity contribution is 6.17. The van der Waals surface area contributed by atoms with Crippen LogP contribution in [0.4, 0.5) is 0 Å². The van der Waals surface area contributed by atoms with Crippen LogP contribution < -0.4 is 4.74 Å². The van der Waals surface area contributed by atoms with Crippen molar-refractivity contribution in [3.63, 3.8) is 0 Å². The van der Waals surface area contributed by atoms with Gasteiger partial charge in [0.05, 0.1) is 12.7 Å². The molecule has 0 fully saturated rings. The molecule has 0 spiro atoms. The number of carbonyl (C=O) groups is 2. The molecule has 0 amide bonds. The molecule has 1 rings (SSSR count). The molecular formula is C12H13ClO4. The molecule has 92 valence electrons. The fourth-order valence-electron chi connectivity index (χ4n) is 1.17. The van der Waals surface area contributed by atoms with Crippen molar-refractivity contribution in [1.82, 2.24) is 0 Å². The van der Waals surface area contributed by atoms with Gasteiger partial charge in [0.15, 0.2) is 0 Å². The van der Waals surface area contributed by atoms with Crippen LogP contribution >= 0.6 is 11.6 Å². The van der Waals surface area contributed by atoms with Crippen molar-refractivity contribution in [2.45, 2.75) is 12.8 Å². The van der Waals surface area contributed by atoms with Crippen LogP contribution in [-0.4, -0.2) is 24.9 Å². The first-order valence-corrected chi connectivity index (χ1v) is 5.66. The third-order valence-electron chi connectivity index (χ3n) is 2.02. The van der Waals surface area contributed by atoms with Gasteiger partial charge in [-0.1, -0.05) is 0 Å². The Balaban J connectivity index is 2.56. The van der Waals surface area contributed by atoms with Crippen LogP contribution in [0.3, 0.4) is 0 Å². The first kappa shape index (κ1) is 13.5. The van der Waals surface area contributed by atoms with Crippen molar-refractivity contribution in [1.29, 1.82) is 0 Å². The van der Waals surface area contributed by atoms with E-state index >= 15 is 0 Å².